The second-order valence-corrected chi connectivity index (χ2v) is 3.26. The Bertz CT molecular complexity index is 307. The highest BCUT2D eigenvalue weighted by molar-refractivity contribution is 4.87. The molecule has 0 saturated carbocycles. The average molecular weight is 236 g/mol. The molecule has 0 saturated heterocycles. The maximum absolute atomic E-state index is 12.0. The van der Waals surface area contributed by atoms with E-state index in [1.807, 2.05) is 6.92 Å². The predicted molar refractivity (Wildman–Crippen MR) is 50.0 cm³/mol. The van der Waals surface area contributed by atoms with E-state index < -0.39 is 12.5 Å². The van der Waals surface area contributed by atoms with Gasteiger partial charge in [-0.15, -0.1) is 0 Å². The molecule has 0 aliphatic carbocycles. The van der Waals surface area contributed by atoms with Crippen LogP contribution in [0.5, 0.6) is 0 Å². The molecule has 0 aliphatic heterocycles. The molecule has 7 heteroatoms. The predicted octanol–water partition coefficient (Wildman–Crippen LogP) is 1.16. The molecule has 0 spiro atoms. The van der Waals surface area contributed by atoms with Gasteiger partial charge in [-0.05, 0) is 6.42 Å². The van der Waals surface area contributed by atoms with Crippen molar-refractivity contribution in [3.63, 3.8) is 0 Å². The molecular weight excluding hydrogens is 222 g/mol. The fraction of sp³-hybridized carbons (Fsp3) is 0.778. The zero-order valence-corrected chi connectivity index (χ0v) is 8.90. The Morgan fingerprint density at radius 2 is 2.25 bits per heavy atom. The standard InChI is InChI=1S/C9H14F2N2O3/c1-2-3-15-5-7-12-8(16-13-7)4-6(14)9(10)11/h6,9,14H,2-5H2,1H3. The Morgan fingerprint density at radius 1 is 1.50 bits per heavy atom. The van der Waals surface area contributed by atoms with Crippen molar-refractivity contribution in [2.75, 3.05) is 6.61 Å². The third-order valence-corrected chi connectivity index (χ3v) is 1.76. The monoisotopic (exact) mass is 236 g/mol. The molecular formula is C9H14F2N2O3. The minimum Gasteiger partial charge on any atom is -0.387 e. The number of halogens is 2. The van der Waals surface area contributed by atoms with E-state index in [1.54, 1.807) is 0 Å². The van der Waals surface area contributed by atoms with Crippen LogP contribution < -0.4 is 0 Å². The SMILES string of the molecule is CCCOCc1noc(CC(O)C(F)F)n1. The quantitative estimate of drug-likeness (QED) is 0.719. The molecule has 1 unspecified atom stereocenters. The number of aromatic nitrogens is 2. The third-order valence-electron chi connectivity index (χ3n) is 1.76. The van der Waals surface area contributed by atoms with Crippen LogP contribution in [0.3, 0.4) is 0 Å². The lowest BCUT2D eigenvalue weighted by Crippen LogP contribution is -2.20. The summed E-state index contributed by atoms with van der Waals surface area (Å²) >= 11 is 0. The minimum atomic E-state index is -2.81. The van der Waals surface area contributed by atoms with E-state index in [4.69, 9.17) is 9.84 Å². The van der Waals surface area contributed by atoms with E-state index in [0.717, 1.165) is 6.42 Å². The van der Waals surface area contributed by atoms with Crippen molar-refractivity contribution >= 4 is 0 Å². The molecule has 1 atom stereocenters. The van der Waals surface area contributed by atoms with Gasteiger partial charge in [-0.1, -0.05) is 12.1 Å². The smallest absolute Gasteiger partial charge is 0.264 e. The van der Waals surface area contributed by atoms with Crippen molar-refractivity contribution in [1.29, 1.82) is 0 Å². The Morgan fingerprint density at radius 3 is 2.88 bits per heavy atom. The lowest BCUT2D eigenvalue weighted by molar-refractivity contribution is -0.00754. The number of rotatable bonds is 7. The van der Waals surface area contributed by atoms with E-state index in [0.29, 0.717) is 12.4 Å². The average Bonchev–Trinajstić information content (AvgIpc) is 2.66. The van der Waals surface area contributed by atoms with Gasteiger partial charge in [0.25, 0.3) is 6.43 Å². The zero-order chi connectivity index (χ0) is 12.0. The fourth-order valence-electron chi connectivity index (χ4n) is 1.01. The van der Waals surface area contributed by atoms with Gasteiger partial charge in [-0.25, -0.2) is 8.78 Å². The summed E-state index contributed by atoms with van der Waals surface area (Å²) < 4.78 is 33.8. The molecule has 1 heterocycles. The molecule has 92 valence electrons. The van der Waals surface area contributed by atoms with Crippen LogP contribution in [0.4, 0.5) is 8.78 Å². The maximum Gasteiger partial charge on any atom is 0.264 e. The molecule has 5 nitrogen and oxygen atoms in total. The van der Waals surface area contributed by atoms with Crippen molar-refractivity contribution in [2.24, 2.45) is 0 Å². The normalized spacial score (nSPS) is 13.3. The van der Waals surface area contributed by atoms with Crippen LogP contribution in [0.2, 0.25) is 0 Å². The number of nitrogens with zero attached hydrogens (tertiary/aromatic N) is 2. The summed E-state index contributed by atoms with van der Waals surface area (Å²) in [6, 6.07) is 0. The highest BCUT2D eigenvalue weighted by Gasteiger charge is 2.20. The van der Waals surface area contributed by atoms with Crippen molar-refractivity contribution in [2.45, 2.75) is 38.9 Å². The Hall–Kier alpha value is -1.08. The van der Waals surface area contributed by atoms with E-state index >= 15 is 0 Å². The first-order chi connectivity index (χ1) is 7.63. The number of alkyl halides is 2. The van der Waals surface area contributed by atoms with Crippen LogP contribution in [-0.2, 0) is 17.8 Å². The number of hydrogen-bond acceptors (Lipinski definition) is 5. The maximum atomic E-state index is 12.0. The summed E-state index contributed by atoms with van der Waals surface area (Å²) in [6.07, 6.45) is -4.07. The Kier molecular flexibility index (Phi) is 5.27. The molecule has 1 aromatic rings. The van der Waals surface area contributed by atoms with Crippen LogP contribution in [0, 0.1) is 0 Å². The summed E-state index contributed by atoms with van der Waals surface area (Å²) in [4.78, 5) is 3.81. The van der Waals surface area contributed by atoms with Gasteiger partial charge in [0, 0.05) is 6.61 Å². The van der Waals surface area contributed by atoms with Crippen molar-refractivity contribution < 1.29 is 23.1 Å². The highest BCUT2D eigenvalue weighted by atomic mass is 19.3. The second-order valence-electron chi connectivity index (χ2n) is 3.26. The topological polar surface area (TPSA) is 68.4 Å². The van der Waals surface area contributed by atoms with Gasteiger partial charge in [0.1, 0.15) is 12.7 Å². The van der Waals surface area contributed by atoms with E-state index in [2.05, 4.69) is 14.7 Å². The van der Waals surface area contributed by atoms with Gasteiger partial charge in [0.15, 0.2) is 5.82 Å². The van der Waals surface area contributed by atoms with Crippen LogP contribution >= 0.6 is 0 Å². The first kappa shape index (κ1) is 13.0. The van der Waals surface area contributed by atoms with Gasteiger partial charge in [0.05, 0.1) is 6.42 Å². The summed E-state index contributed by atoms with van der Waals surface area (Å²) in [5.41, 5.74) is 0. The minimum absolute atomic E-state index is 0.0112. The van der Waals surface area contributed by atoms with Gasteiger partial charge >= 0.3 is 0 Å². The van der Waals surface area contributed by atoms with E-state index in [-0.39, 0.29) is 18.9 Å². The van der Waals surface area contributed by atoms with Gasteiger partial charge in [-0.3, -0.25) is 0 Å². The molecule has 0 amide bonds. The van der Waals surface area contributed by atoms with Crippen molar-refractivity contribution in [3.8, 4) is 0 Å². The lowest BCUT2D eigenvalue weighted by Gasteiger charge is -2.04. The molecule has 0 aromatic carbocycles. The summed E-state index contributed by atoms with van der Waals surface area (Å²) in [5.74, 6) is 0.285. The highest BCUT2D eigenvalue weighted by Crippen LogP contribution is 2.08. The fourth-order valence-corrected chi connectivity index (χ4v) is 1.01. The van der Waals surface area contributed by atoms with Crippen molar-refractivity contribution in [3.05, 3.63) is 11.7 Å². The van der Waals surface area contributed by atoms with Crippen LogP contribution in [0.1, 0.15) is 25.1 Å². The molecule has 16 heavy (non-hydrogen) atoms. The Balaban J connectivity index is 2.39. The summed E-state index contributed by atoms with van der Waals surface area (Å²) in [7, 11) is 0. The molecule has 1 N–H and O–H groups in total. The molecule has 0 aliphatic rings. The second kappa shape index (κ2) is 6.49. The lowest BCUT2D eigenvalue weighted by atomic mass is 10.2. The van der Waals surface area contributed by atoms with Crippen LogP contribution in [0.15, 0.2) is 4.52 Å². The summed E-state index contributed by atoms with van der Waals surface area (Å²) in [5, 5.41) is 12.4. The molecule has 0 bridgehead atoms. The van der Waals surface area contributed by atoms with E-state index in [9.17, 15) is 8.78 Å². The molecule has 0 fully saturated rings. The molecule has 1 aromatic heterocycles. The number of aliphatic hydroxyl groups excluding tert-OH is 1. The largest absolute Gasteiger partial charge is 0.387 e. The zero-order valence-electron chi connectivity index (χ0n) is 8.90. The number of aliphatic hydroxyl groups is 1. The number of hydrogen-bond donors (Lipinski definition) is 1. The summed E-state index contributed by atoms with van der Waals surface area (Å²) in [6.45, 7) is 2.71. The van der Waals surface area contributed by atoms with Crippen LogP contribution in [0.25, 0.3) is 0 Å². The van der Waals surface area contributed by atoms with Crippen molar-refractivity contribution in [1.82, 2.24) is 10.1 Å². The van der Waals surface area contributed by atoms with E-state index in [1.165, 1.54) is 0 Å². The van der Waals surface area contributed by atoms with Gasteiger partial charge in [0.2, 0.25) is 5.89 Å². The van der Waals surface area contributed by atoms with Gasteiger partial charge < -0.3 is 14.4 Å². The molecule has 0 radical (unpaired) electrons. The Labute approximate surface area is 91.4 Å². The first-order valence-electron chi connectivity index (χ1n) is 4.99. The third kappa shape index (κ3) is 4.19. The first-order valence-corrected chi connectivity index (χ1v) is 4.99. The molecule has 1 rings (SSSR count). The number of ether oxygens (including phenoxy) is 1. The van der Waals surface area contributed by atoms with Crippen LogP contribution in [-0.4, -0.2) is 34.4 Å². The van der Waals surface area contributed by atoms with Gasteiger partial charge in [-0.2, -0.15) is 4.98 Å².